The first kappa shape index (κ1) is 17.6. The fraction of sp³-hybridized carbons (Fsp3) is 0.579. The van der Waals surface area contributed by atoms with Gasteiger partial charge in [-0.05, 0) is 37.8 Å². The fourth-order valence-corrected chi connectivity index (χ4v) is 3.27. The molecular formula is C19H28N4O2. The number of rotatable bonds is 6. The van der Waals surface area contributed by atoms with Gasteiger partial charge in [0.05, 0.1) is 0 Å². The number of nitrogens with zero attached hydrogens (tertiary/aromatic N) is 2. The van der Waals surface area contributed by atoms with E-state index in [2.05, 4.69) is 27.7 Å². The molecule has 1 aliphatic carbocycles. The third-order valence-electron chi connectivity index (χ3n) is 5.07. The van der Waals surface area contributed by atoms with Crippen molar-refractivity contribution in [2.24, 2.45) is 5.92 Å². The molecule has 136 valence electrons. The van der Waals surface area contributed by atoms with Crippen LogP contribution in [0.4, 0.5) is 10.5 Å². The summed E-state index contributed by atoms with van der Waals surface area (Å²) in [6.45, 7) is 5.60. The highest BCUT2D eigenvalue weighted by molar-refractivity contribution is 5.78. The number of urea groups is 1. The lowest BCUT2D eigenvalue weighted by atomic mass is 10.2. The molecule has 1 aliphatic heterocycles. The van der Waals surface area contributed by atoms with E-state index in [9.17, 15) is 9.59 Å². The van der Waals surface area contributed by atoms with Gasteiger partial charge in [-0.2, -0.15) is 0 Å². The lowest BCUT2D eigenvalue weighted by Gasteiger charge is -2.36. The Bertz CT molecular complexity index is 580. The Balaban J connectivity index is 1.33. The lowest BCUT2D eigenvalue weighted by molar-refractivity contribution is -0.131. The molecule has 2 aliphatic rings. The van der Waals surface area contributed by atoms with Crippen molar-refractivity contribution in [2.45, 2.75) is 32.2 Å². The quantitative estimate of drug-likeness (QED) is 0.827. The standard InChI is InChI=1S/C19H28N4O2/c1-15(16-7-8-16)21-19(25)20-10-9-18(24)23-13-11-22(12-14-23)17-5-3-2-4-6-17/h2-6,15-16H,7-14H2,1H3,(H2,20,21,25). The van der Waals surface area contributed by atoms with Gasteiger partial charge in [0.2, 0.25) is 5.91 Å². The average molecular weight is 344 g/mol. The molecular weight excluding hydrogens is 316 g/mol. The summed E-state index contributed by atoms with van der Waals surface area (Å²) in [7, 11) is 0. The Morgan fingerprint density at radius 1 is 1.12 bits per heavy atom. The monoisotopic (exact) mass is 344 g/mol. The number of hydrogen-bond acceptors (Lipinski definition) is 3. The van der Waals surface area contributed by atoms with Crippen LogP contribution in [0.2, 0.25) is 0 Å². The van der Waals surface area contributed by atoms with Crippen LogP contribution in [0.15, 0.2) is 30.3 Å². The number of anilines is 1. The van der Waals surface area contributed by atoms with Crippen LogP contribution in [0.5, 0.6) is 0 Å². The van der Waals surface area contributed by atoms with Gasteiger partial charge in [-0.3, -0.25) is 4.79 Å². The zero-order valence-electron chi connectivity index (χ0n) is 14.9. The highest BCUT2D eigenvalue weighted by Gasteiger charge is 2.28. The second-order valence-corrected chi connectivity index (χ2v) is 6.98. The smallest absolute Gasteiger partial charge is 0.315 e. The summed E-state index contributed by atoms with van der Waals surface area (Å²) >= 11 is 0. The number of amides is 3. The number of carbonyl (C=O) groups is 2. The number of para-hydroxylation sites is 1. The summed E-state index contributed by atoms with van der Waals surface area (Å²) in [5, 5.41) is 5.73. The number of nitrogens with one attached hydrogen (secondary N) is 2. The molecule has 6 heteroatoms. The van der Waals surface area contributed by atoms with E-state index in [1.54, 1.807) is 0 Å². The van der Waals surface area contributed by atoms with Crippen LogP contribution in [-0.2, 0) is 4.79 Å². The molecule has 1 saturated carbocycles. The number of hydrogen-bond donors (Lipinski definition) is 2. The van der Waals surface area contributed by atoms with Crippen LogP contribution in [0.25, 0.3) is 0 Å². The molecule has 1 aromatic rings. The third-order valence-corrected chi connectivity index (χ3v) is 5.07. The highest BCUT2D eigenvalue weighted by atomic mass is 16.2. The van der Waals surface area contributed by atoms with E-state index in [-0.39, 0.29) is 18.0 Å². The highest BCUT2D eigenvalue weighted by Crippen LogP contribution is 2.32. The summed E-state index contributed by atoms with van der Waals surface area (Å²) in [6.07, 6.45) is 2.76. The maximum atomic E-state index is 12.3. The molecule has 1 unspecified atom stereocenters. The molecule has 0 spiro atoms. The number of piperazine rings is 1. The van der Waals surface area contributed by atoms with Crippen LogP contribution in [0.3, 0.4) is 0 Å². The predicted octanol–water partition coefficient (Wildman–Crippen LogP) is 1.82. The topological polar surface area (TPSA) is 64.7 Å². The van der Waals surface area contributed by atoms with E-state index in [1.807, 2.05) is 30.0 Å². The van der Waals surface area contributed by atoms with Crippen LogP contribution in [0.1, 0.15) is 26.2 Å². The van der Waals surface area contributed by atoms with Gasteiger partial charge in [-0.15, -0.1) is 0 Å². The second-order valence-electron chi connectivity index (χ2n) is 6.98. The Morgan fingerprint density at radius 2 is 1.80 bits per heavy atom. The van der Waals surface area contributed by atoms with E-state index in [0.29, 0.717) is 18.9 Å². The van der Waals surface area contributed by atoms with Crippen molar-refractivity contribution in [1.29, 1.82) is 0 Å². The van der Waals surface area contributed by atoms with Crippen molar-refractivity contribution in [1.82, 2.24) is 15.5 Å². The minimum Gasteiger partial charge on any atom is -0.368 e. The Hall–Kier alpha value is -2.24. The van der Waals surface area contributed by atoms with Crippen LogP contribution in [0, 0.1) is 5.92 Å². The molecule has 1 atom stereocenters. The molecule has 0 radical (unpaired) electrons. The summed E-state index contributed by atoms with van der Waals surface area (Å²) in [5.74, 6) is 0.747. The average Bonchev–Trinajstić information content (AvgIpc) is 3.48. The van der Waals surface area contributed by atoms with Crippen molar-refractivity contribution in [2.75, 3.05) is 37.6 Å². The molecule has 0 aromatic heterocycles. The molecule has 1 heterocycles. The van der Waals surface area contributed by atoms with Crippen LogP contribution in [-0.4, -0.2) is 55.6 Å². The summed E-state index contributed by atoms with van der Waals surface area (Å²) in [5.41, 5.74) is 1.21. The third kappa shape index (κ3) is 5.11. The Morgan fingerprint density at radius 3 is 2.44 bits per heavy atom. The van der Waals surface area contributed by atoms with E-state index in [4.69, 9.17) is 0 Å². The van der Waals surface area contributed by atoms with E-state index >= 15 is 0 Å². The zero-order valence-corrected chi connectivity index (χ0v) is 14.9. The summed E-state index contributed by atoms with van der Waals surface area (Å²) < 4.78 is 0. The molecule has 2 N–H and O–H groups in total. The SMILES string of the molecule is CC(NC(=O)NCCC(=O)N1CCN(c2ccccc2)CC1)C1CC1. The van der Waals surface area contributed by atoms with Gasteiger partial charge >= 0.3 is 6.03 Å². The molecule has 2 fully saturated rings. The van der Waals surface area contributed by atoms with Crippen molar-refractivity contribution < 1.29 is 9.59 Å². The summed E-state index contributed by atoms with van der Waals surface area (Å²) in [4.78, 5) is 28.3. The molecule has 6 nitrogen and oxygen atoms in total. The largest absolute Gasteiger partial charge is 0.368 e. The van der Waals surface area contributed by atoms with Gasteiger partial charge < -0.3 is 20.4 Å². The van der Waals surface area contributed by atoms with Gasteiger partial charge in [0, 0.05) is 50.9 Å². The van der Waals surface area contributed by atoms with Crippen molar-refractivity contribution in [3.05, 3.63) is 30.3 Å². The second kappa shape index (κ2) is 8.23. The fourth-order valence-electron chi connectivity index (χ4n) is 3.27. The first-order chi connectivity index (χ1) is 12.1. The molecule has 0 bridgehead atoms. The van der Waals surface area contributed by atoms with Gasteiger partial charge in [-0.1, -0.05) is 18.2 Å². The normalized spacial score (nSPS) is 18.6. The Labute approximate surface area is 149 Å². The molecule has 25 heavy (non-hydrogen) atoms. The van der Waals surface area contributed by atoms with E-state index < -0.39 is 0 Å². The molecule has 1 aromatic carbocycles. The van der Waals surface area contributed by atoms with Gasteiger partial charge in [0.25, 0.3) is 0 Å². The van der Waals surface area contributed by atoms with E-state index in [1.165, 1.54) is 18.5 Å². The first-order valence-corrected chi connectivity index (χ1v) is 9.25. The molecule has 3 amide bonds. The maximum absolute atomic E-state index is 12.3. The molecule has 3 rings (SSSR count). The van der Waals surface area contributed by atoms with Gasteiger partial charge in [0.1, 0.15) is 0 Å². The Kier molecular flexibility index (Phi) is 5.79. The first-order valence-electron chi connectivity index (χ1n) is 9.25. The number of carbonyl (C=O) groups excluding carboxylic acids is 2. The van der Waals surface area contributed by atoms with Crippen molar-refractivity contribution in [3.8, 4) is 0 Å². The number of benzene rings is 1. The van der Waals surface area contributed by atoms with Gasteiger partial charge in [-0.25, -0.2) is 4.79 Å². The minimum atomic E-state index is -0.166. The van der Waals surface area contributed by atoms with Crippen molar-refractivity contribution >= 4 is 17.6 Å². The summed E-state index contributed by atoms with van der Waals surface area (Å²) in [6, 6.07) is 10.3. The van der Waals surface area contributed by atoms with Gasteiger partial charge in [0.15, 0.2) is 0 Å². The predicted molar refractivity (Wildman–Crippen MR) is 98.6 cm³/mol. The van der Waals surface area contributed by atoms with Crippen LogP contribution >= 0.6 is 0 Å². The lowest BCUT2D eigenvalue weighted by Crippen LogP contribution is -2.49. The van der Waals surface area contributed by atoms with Crippen molar-refractivity contribution in [3.63, 3.8) is 0 Å². The van der Waals surface area contributed by atoms with Crippen LogP contribution < -0.4 is 15.5 Å². The maximum Gasteiger partial charge on any atom is 0.315 e. The zero-order chi connectivity index (χ0) is 17.6. The minimum absolute atomic E-state index is 0.114. The molecule has 1 saturated heterocycles. The van der Waals surface area contributed by atoms with E-state index in [0.717, 1.165) is 26.2 Å².